The predicted molar refractivity (Wildman–Crippen MR) is 61.6 cm³/mol. The number of para-hydroxylation sites is 2. The molecule has 2 nitrogen and oxygen atoms in total. The molecule has 0 spiro atoms. The minimum absolute atomic E-state index is 0.973. The highest BCUT2D eigenvalue weighted by atomic mass is 32.2. The highest BCUT2D eigenvalue weighted by Crippen LogP contribution is 2.09. The monoisotopic (exact) mass is 204 g/mol. The Morgan fingerprint density at radius 1 is 1.21 bits per heavy atom. The molecule has 14 heavy (non-hydrogen) atoms. The molecular formula is C11H12N2S. The summed E-state index contributed by atoms with van der Waals surface area (Å²) in [4.78, 5) is 8.90. The van der Waals surface area contributed by atoms with E-state index in [1.165, 1.54) is 0 Å². The van der Waals surface area contributed by atoms with Crippen LogP contribution in [0.1, 0.15) is 5.69 Å². The summed E-state index contributed by atoms with van der Waals surface area (Å²) in [5.41, 5.74) is 3.05. The van der Waals surface area contributed by atoms with Crippen molar-refractivity contribution in [3.8, 4) is 0 Å². The van der Waals surface area contributed by atoms with Gasteiger partial charge in [0.2, 0.25) is 0 Å². The van der Waals surface area contributed by atoms with Gasteiger partial charge < -0.3 is 0 Å². The van der Waals surface area contributed by atoms with Crippen LogP contribution in [0.15, 0.2) is 30.5 Å². The number of hydrogen-bond acceptors (Lipinski definition) is 3. The Bertz CT molecular complexity index is 428. The van der Waals surface area contributed by atoms with Crippen molar-refractivity contribution in [3.05, 3.63) is 36.2 Å². The first-order chi connectivity index (χ1) is 6.90. The van der Waals surface area contributed by atoms with E-state index in [0.29, 0.717) is 0 Å². The molecule has 1 heterocycles. The first-order valence-corrected chi connectivity index (χ1v) is 5.99. The van der Waals surface area contributed by atoms with Crippen LogP contribution in [-0.2, 0) is 6.42 Å². The number of nitrogens with zero attached hydrogens (tertiary/aromatic N) is 2. The lowest BCUT2D eigenvalue weighted by molar-refractivity contribution is 1.04. The van der Waals surface area contributed by atoms with E-state index in [9.17, 15) is 0 Å². The van der Waals surface area contributed by atoms with Crippen LogP contribution in [-0.4, -0.2) is 22.0 Å². The Hall–Kier alpha value is -1.09. The second kappa shape index (κ2) is 4.42. The van der Waals surface area contributed by atoms with E-state index < -0.39 is 0 Å². The van der Waals surface area contributed by atoms with Crippen molar-refractivity contribution in [2.45, 2.75) is 6.42 Å². The van der Waals surface area contributed by atoms with Gasteiger partial charge >= 0.3 is 0 Å². The normalized spacial score (nSPS) is 10.6. The van der Waals surface area contributed by atoms with Crippen LogP contribution in [0.4, 0.5) is 0 Å². The van der Waals surface area contributed by atoms with Gasteiger partial charge in [-0.2, -0.15) is 11.8 Å². The fraction of sp³-hybridized carbons (Fsp3) is 0.273. The Balaban J connectivity index is 2.32. The minimum Gasteiger partial charge on any atom is -0.253 e. The smallest absolute Gasteiger partial charge is 0.0890 e. The first-order valence-electron chi connectivity index (χ1n) is 4.60. The number of aromatic nitrogens is 2. The molecule has 0 aliphatic rings. The molecule has 1 aromatic heterocycles. The van der Waals surface area contributed by atoms with Crippen molar-refractivity contribution in [3.63, 3.8) is 0 Å². The summed E-state index contributed by atoms with van der Waals surface area (Å²) in [6, 6.07) is 7.97. The predicted octanol–water partition coefficient (Wildman–Crippen LogP) is 2.54. The number of benzene rings is 1. The number of hydrogen-bond donors (Lipinski definition) is 0. The first kappa shape index (κ1) is 9.46. The number of aryl methyl sites for hydroxylation is 1. The minimum atomic E-state index is 0.973. The topological polar surface area (TPSA) is 25.8 Å². The highest BCUT2D eigenvalue weighted by molar-refractivity contribution is 7.98. The zero-order valence-corrected chi connectivity index (χ0v) is 8.92. The Labute approximate surface area is 87.8 Å². The Morgan fingerprint density at radius 3 is 2.79 bits per heavy atom. The van der Waals surface area contributed by atoms with E-state index in [0.717, 1.165) is 28.9 Å². The van der Waals surface area contributed by atoms with Crippen LogP contribution < -0.4 is 0 Å². The van der Waals surface area contributed by atoms with Crippen LogP contribution in [0.2, 0.25) is 0 Å². The number of fused-ring (bicyclic) bond motifs is 1. The summed E-state index contributed by atoms with van der Waals surface area (Å²) in [7, 11) is 0. The second-order valence-electron chi connectivity index (χ2n) is 3.09. The molecule has 0 atom stereocenters. The summed E-state index contributed by atoms with van der Waals surface area (Å²) in [6.07, 6.45) is 4.98. The fourth-order valence-corrected chi connectivity index (χ4v) is 1.74. The van der Waals surface area contributed by atoms with Crippen molar-refractivity contribution in [1.29, 1.82) is 0 Å². The summed E-state index contributed by atoms with van der Waals surface area (Å²) < 4.78 is 0. The molecule has 0 unspecified atom stereocenters. The lowest BCUT2D eigenvalue weighted by Crippen LogP contribution is -1.94. The molecule has 0 amide bonds. The van der Waals surface area contributed by atoms with E-state index in [1.54, 1.807) is 0 Å². The van der Waals surface area contributed by atoms with Crippen molar-refractivity contribution in [2.24, 2.45) is 0 Å². The van der Waals surface area contributed by atoms with Gasteiger partial charge in [-0.1, -0.05) is 12.1 Å². The third-order valence-electron chi connectivity index (χ3n) is 2.06. The van der Waals surface area contributed by atoms with E-state index in [2.05, 4.69) is 16.2 Å². The third-order valence-corrected chi connectivity index (χ3v) is 2.67. The van der Waals surface area contributed by atoms with Gasteiger partial charge in [-0.3, -0.25) is 4.98 Å². The molecule has 3 heteroatoms. The standard InChI is InChI=1S/C11H12N2S/c1-14-7-6-9-8-12-10-4-2-3-5-11(10)13-9/h2-5,8H,6-7H2,1H3. The molecule has 0 N–H and O–H groups in total. The van der Waals surface area contributed by atoms with Crippen molar-refractivity contribution < 1.29 is 0 Å². The molecule has 2 aromatic rings. The zero-order valence-electron chi connectivity index (χ0n) is 8.10. The van der Waals surface area contributed by atoms with Gasteiger partial charge in [0, 0.05) is 12.6 Å². The van der Waals surface area contributed by atoms with Crippen LogP contribution in [0.25, 0.3) is 11.0 Å². The zero-order chi connectivity index (χ0) is 9.80. The number of rotatable bonds is 3. The van der Waals surface area contributed by atoms with Gasteiger partial charge in [0.25, 0.3) is 0 Å². The summed E-state index contributed by atoms with van der Waals surface area (Å²) in [5.74, 6) is 1.10. The maximum Gasteiger partial charge on any atom is 0.0890 e. The van der Waals surface area contributed by atoms with Gasteiger partial charge in [0.15, 0.2) is 0 Å². The van der Waals surface area contributed by atoms with Gasteiger partial charge in [-0.05, 0) is 24.1 Å². The van der Waals surface area contributed by atoms with E-state index in [-0.39, 0.29) is 0 Å². The molecule has 0 aliphatic carbocycles. The second-order valence-corrected chi connectivity index (χ2v) is 4.08. The summed E-state index contributed by atoms with van der Waals surface area (Å²) in [6.45, 7) is 0. The maximum absolute atomic E-state index is 4.54. The van der Waals surface area contributed by atoms with Crippen molar-refractivity contribution in [2.75, 3.05) is 12.0 Å². The van der Waals surface area contributed by atoms with Gasteiger partial charge in [0.05, 0.1) is 16.7 Å². The largest absolute Gasteiger partial charge is 0.253 e. The summed E-state index contributed by atoms with van der Waals surface area (Å²) in [5, 5.41) is 0. The molecular weight excluding hydrogens is 192 g/mol. The molecule has 0 radical (unpaired) electrons. The average molecular weight is 204 g/mol. The van der Waals surface area contributed by atoms with Crippen molar-refractivity contribution >= 4 is 22.8 Å². The number of thioether (sulfide) groups is 1. The van der Waals surface area contributed by atoms with Crippen LogP contribution in [0.3, 0.4) is 0 Å². The molecule has 0 fully saturated rings. The quantitative estimate of drug-likeness (QED) is 0.768. The molecule has 2 rings (SSSR count). The van der Waals surface area contributed by atoms with Crippen LogP contribution in [0.5, 0.6) is 0 Å². The van der Waals surface area contributed by atoms with Gasteiger partial charge in [0.1, 0.15) is 0 Å². The summed E-state index contributed by atoms with van der Waals surface area (Å²) >= 11 is 1.83. The van der Waals surface area contributed by atoms with E-state index >= 15 is 0 Å². The lowest BCUT2D eigenvalue weighted by atomic mass is 10.3. The van der Waals surface area contributed by atoms with E-state index in [4.69, 9.17) is 0 Å². The molecule has 0 saturated carbocycles. The van der Waals surface area contributed by atoms with Crippen molar-refractivity contribution in [1.82, 2.24) is 9.97 Å². The van der Waals surface area contributed by atoms with Crippen LogP contribution in [0, 0.1) is 0 Å². The maximum atomic E-state index is 4.54. The SMILES string of the molecule is CSCCc1cnc2ccccc2n1. The Morgan fingerprint density at radius 2 is 2.00 bits per heavy atom. The molecule has 0 bridgehead atoms. The lowest BCUT2D eigenvalue weighted by Gasteiger charge is -2.00. The molecule has 0 saturated heterocycles. The molecule has 0 aliphatic heterocycles. The van der Waals surface area contributed by atoms with Gasteiger partial charge in [-0.25, -0.2) is 4.98 Å². The highest BCUT2D eigenvalue weighted by Gasteiger charge is 1.98. The third kappa shape index (κ3) is 2.04. The molecule has 72 valence electrons. The fourth-order valence-electron chi connectivity index (χ4n) is 1.32. The van der Waals surface area contributed by atoms with E-state index in [1.807, 2.05) is 42.2 Å². The average Bonchev–Trinajstić information content (AvgIpc) is 2.26. The Kier molecular flexibility index (Phi) is 2.99. The van der Waals surface area contributed by atoms with Crippen LogP contribution >= 0.6 is 11.8 Å². The van der Waals surface area contributed by atoms with Gasteiger partial charge in [-0.15, -0.1) is 0 Å². The molecule has 1 aromatic carbocycles.